The van der Waals surface area contributed by atoms with Gasteiger partial charge in [0.1, 0.15) is 5.82 Å². The number of rotatable bonds is 2. The second-order valence-electron chi connectivity index (χ2n) is 7.50. The van der Waals surface area contributed by atoms with Crippen LogP contribution in [0.25, 0.3) is 0 Å². The third-order valence-corrected chi connectivity index (χ3v) is 6.55. The number of halogens is 3. The lowest BCUT2D eigenvalue weighted by molar-refractivity contribution is 0.149. The molecule has 0 bridgehead atoms. The number of hydrogen-bond acceptors (Lipinski definition) is 0. The largest absolute Gasteiger partial charge is 0.207 e. The summed E-state index contributed by atoms with van der Waals surface area (Å²) in [4.78, 5) is 0.227. The fourth-order valence-corrected chi connectivity index (χ4v) is 4.73. The number of hydrogen-bond donors (Lipinski definition) is 0. The monoisotopic (exact) mass is 374 g/mol. The first kappa shape index (κ1) is 17.3. The Hall–Kier alpha value is -0.0800. The van der Waals surface area contributed by atoms with Crippen LogP contribution in [0.2, 0.25) is 5.02 Å². The van der Waals surface area contributed by atoms with Gasteiger partial charge in [-0.15, -0.1) is 0 Å². The van der Waals surface area contributed by atoms with Crippen molar-refractivity contribution in [1.82, 2.24) is 0 Å². The highest BCUT2D eigenvalue weighted by Gasteiger charge is 2.33. The lowest BCUT2D eigenvalue weighted by Crippen LogP contribution is -2.27. The third-order valence-electron chi connectivity index (χ3n) is 4.99. The molecule has 0 spiro atoms. The van der Waals surface area contributed by atoms with Crippen LogP contribution in [0.15, 0.2) is 12.1 Å². The zero-order chi connectivity index (χ0) is 15.8. The molecule has 2 rings (SSSR count). The summed E-state index contributed by atoms with van der Waals surface area (Å²) in [7, 11) is 0. The van der Waals surface area contributed by atoms with E-state index in [0.717, 1.165) is 11.5 Å². The van der Waals surface area contributed by atoms with E-state index in [9.17, 15) is 4.39 Å². The molecule has 0 aliphatic heterocycles. The summed E-state index contributed by atoms with van der Waals surface area (Å²) in [5, 5.41) is 0.540. The van der Waals surface area contributed by atoms with Crippen molar-refractivity contribution in [1.29, 1.82) is 0 Å². The molecule has 21 heavy (non-hydrogen) atoms. The van der Waals surface area contributed by atoms with Gasteiger partial charge in [-0.25, -0.2) is 4.39 Å². The molecule has 1 aliphatic rings. The van der Waals surface area contributed by atoms with Gasteiger partial charge in [-0.05, 0) is 67.1 Å². The van der Waals surface area contributed by atoms with E-state index in [-0.39, 0.29) is 10.6 Å². The first-order chi connectivity index (χ1) is 9.70. The van der Waals surface area contributed by atoms with E-state index >= 15 is 0 Å². The molecule has 0 aromatic heterocycles. The van der Waals surface area contributed by atoms with Crippen molar-refractivity contribution < 1.29 is 4.39 Å². The van der Waals surface area contributed by atoms with Gasteiger partial charge in [0.05, 0.1) is 0 Å². The predicted molar refractivity (Wildman–Crippen MR) is 92.7 cm³/mol. The number of alkyl halides is 1. The highest BCUT2D eigenvalue weighted by molar-refractivity contribution is 9.09. The lowest BCUT2D eigenvalue weighted by atomic mass is 9.69. The number of benzene rings is 1. The van der Waals surface area contributed by atoms with E-state index in [1.54, 1.807) is 6.92 Å². The van der Waals surface area contributed by atoms with Crippen molar-refractivity contribution in [3.05, 3.63) is 34.1 Å². The van der Waals surface area contributed by atoms with Crippen molar-refractivity contribution in [3.63, 3.8) is 0 Å². The molecule has 1 unspecified atom stereocenters. The minimum atomic E-state index is -0.222. The van der Waals surface area contributed by atoms with Gasteiger partial charge in [0.2, 0.25) is 0 Å². The van der Waals surface area contributed by atoms with Crippen LogP contribution in [0.1, 0.15) is 62.4 Å². The van der Waals surface area contributed by atoms with Crippen LogP contribution in [0.3, 0.4) is 0 Å². The Morgan fingerprint density at radius 2 is 1.76 bits per heavy atom. The zero-order valence-electron chi connectivity index (χ0n) is 13.3. The van der Waals surface area contributed by atoms with Crippen LogP contribution >= 0.6 is 27.5 Å². The minimum Gasteiger partial charge on any atom is -0.207 e. The quantitative estimate of drug-likeness (QED) is 0.485. The zero-order valence-corrected chi connectivity index (χ0v) is 15.7. The van der Waals surface area contributed by atoms with Crippen LogP contribution in [0.4, 0.5) is 4.39 Å². The average molecular weight is 376 g/mol. The van der Waals surface area contributed by atoms with Gasteiger partial charge in [0, 0.05) is 9.85 Å². The Balaban J connectivity index is 2.09. The van der Waals surface area contributed by atoms with Gasteiger partial charge in [-0.2, -0.15) is 0 Å². The molecule has 1 atom stereocenters. The summed E-state index contributed by atoms with van der Waals surface area (Å²) < 4.78 is 13.5. The molecule has 0 radical (unpaired) electrons. The number of aryl methyl sites for hydroxylation is 1. The first-order valence-corrected chi connectivity index (χ1v) is 9.09. The molecule has 0 amide bonds. The molecular weight excluding hydrogens is 351 g/mol. The van der Waals surface area contributed by atoms with Crippen molar-refractivity contribution >= 4 is 27.5 Å². The van der Waals surface area contributed by atoms with Crippen LogP contribution in [0, 0.1) is 30.0 Å². The standard InChI is InChI=1S/C18H25BrClF/c1-11-9-14(15(20)10-16(11)21)17(19)12-5-7-13(8-6-12)18(2,3)4/h9-10,12-13,17H,5-8H2,1-4H3. The molecule has 0 saturated heterocycles. The fourth-order valence-electron chi connectivity index (χ4n) is 3.42. The van der Waals surface area contributed by atoms with Gasteiger partial charge in [-0.3, -0.25) is 0 Å². The molecule has 1 aromatic rings. The summed E-state index contributed by atoms with van der Waals surface area (Å²) >= 11 is 10.1. The van der Waals surface area contributed by atoms with Crippen molar-refractivity contribution in [2.75, 3.05) is 0 Å². The van der Waals surface area contributed by atoms with Crippen LogP contribution in [-0.4, -0.2) is 0 Å². The van der Waals surface area contributed by atoms with Crippen molar-refractivity contribution in [2.45, 2.75) is 58.2 Å². The smallest absolute Gasteiger partial charge is 0.127 e. The Morgan fingerprint density at radius 3 is 2.29 bits per heavy atom. The second kappa shape index (κ2) is 6.58. The van der Waals surface area contributed by atoms with E-state index in [1.165, 1.54) is 31.7 Å². The summed E-state index contributed by atoms with van der Waals surface area (Å²) in [5.41, 5.74) is 2.11. The van der Waals surface area contributed by atoms with Gasteiger partial charge in [0.25, 0.3) is 0 Å². The van der Waals surface area contributed by atoms with Gasteiger partial charge < -0.3 is 0 Å². The summed E-state index contributed by atoms with van der Waals surface area (Å²) in [6.07, 6.45) is 4.97. The van der Waals surface area contributed by atoms with Crippen LogP contribution in [-0.2, 0) is 0 Å². The summed E-state index contributed by atoms with van der Waals surface area (Å²) in [5.74, 6) is 1.17. The first-order valence-electron chi connectivity index (χ1n) is 7.79. The maximum atomic E-state index is 13.5. The third kappa shape index (κ3) is 4.01. The molecular formula is C18H25BrClF. The highest BCUT2D eigenvalue weighted by atomic mass is 79.9. The topological polar surface area (TPSA) is 0 Å². The Bertz CT molecular complexity index is 499. The van der Waals surface area contributed by atoms with E-state index in [2.05, 4.69) is 36.7 Å². The normalized spacial score (nSPS) is 24.9. The average Bonchev–Trinajstić information content (AvgIpc) is 2.41. The summed E-state index contributed by atoms with van der Waals surface area (Å²) in [6, 6.07) is 3.34. The molecule has 3 heteroatoms. The SMILES string of the molecule is Cc1cc(C(Br)C2CCC(C(C)(C)C)CC2)c(Cl)cc1F. The predicted octanol–water partition coefficient (Wildman–Crippen LogP) is 7.08. The van der Waals surface area contributed by atoms with E-state index in [4.69, 9.17) is 11.6 Å². The fraction of sp³-hybridized carbons (Fsp3) is 0.667. The van der Waals surface area contributed by atoms with E-state index < -0.39 is 0 Å². The molecule has 1 fully saturated rings. The Morgan fingerprint density at radius 1 is 1.19 bits per heavy atom. The molecule has 1 aromatic carbocycles. The molecule has 1 saturated carbocycles. The van der Waals surface area contributed by atoms with Gasteiger partial charge in [-0.1, -0.05) is 54.4 Å². The Kier molecular flexibility index (Phi) is 5.41. The minimum absolute atomic E-state index is 0.222. The van der Waals surface area contributed by atoms with E-state index in [0.29, 0.717) is 21.9 Å². The van der Waals surface area contributed by atoms with E-state index in [1.807, 2.05) is 6.07 Å². The maximum absolute atomic E-state index is 13.5. The molecule has 0 nitrogen and oxygen atoms in total. The maximum Gasteiger partial charge on any atom is 0.127 e. The van der Waals surface area contributed by atoms with Crippen molar-refractivity contribution in [3.8, 4) is 0 Å². The summed E-state index contributed by atoms with van der Waals surface area (Å²) in [6.45, 7) is 8.81. The lowest BCUT2D eigenvalue weighted by Gasteiger charge is -2.38. The van der Waals surface area contributed by atoms with Crippen LogP contribution in [0.5, 0.6) is 0 Å². The molecule has 0 heterocycles. The second-order valence-corrected chi connectivity index (χ2v) is 8.90. The molecule has 1 aliphatic carbocycles. The molecule has 0 N–H and O–H groups in total. The van der Waals surface area contributed by atoms with Gasteiger partial charge >= 0.3 is 0 Å². The molecule has 118 valence electrons. The van der Waals surface area contributed by atoms with Gasteiger partial charge in [0.15, 0.2) is 0 Å². The highest BCUT2D eigenvalue weighted by Crippen LogP contribution is 2.47. The van der Waals surface area contributed by atoms with Crippen molar-refractivity contribution in [2.24, 2.45) is 17.3 Å². The Labute approximate surface area is 141 Å². The van der Waals surface area contributed by atoms with Crippen LogP contribution < -0.4 is 0 Å².